The number of pyridine rings is 1. The molecule has 3 saturated heterocycles. The van der Waals surface area contributed by atoms with E-state index in [2.05, 4.69) is 52.9 Å². The van der Waals surface area contributed by atoms with Crippen LogP contribution in [0.15, 0.2) is 43.1 Å². The van der Waals surface area contributed by atoms with E-state index in [-0.39, 0.29) is 12.0 Å². The molecule has 1 N–H and O–H groups in total. The Labute approximate surface area is 212 Å². The van der Waals surface area contributed by atoms with Gasteiger partial charge in [0.25, 0.3) is 0 Å². The second-order valence-corrected chi connectivity index (χ2v) is 10.2. The number of carbonyl (C=O) groups is 1. The number of fused-ring (bicyclic) bond motifs is 2. The summed E-state index contributed by atoms with van der Waals surface area (Å²) in [6.07, 6.45) is 5.44. The van der Waals surface area contributed by atoms with Crippen LogP contribution in [-0.2, 0) is 9.53 Å². The van der Waals surface area contributed by atoms with Gasteiger partial charge in [0.1, 0.15) is 17.7 Å². The second-order valence-electron chi connectivity index (χ2n) is 10.2. The van der Waals surface area contributed by atoms with Crippen molar-refractivity contribution in [3.8, 4) is 5.75 Å². The highest BCUT2D eigenvalue weighted by atomic mass is 16.5. The maximum Gasteiger partial charge on any atom is 0.246 e. The van der Waals surface area contributed by atoms with Gasteiger partial charge in [-0.1, -0.05) is 12.6 Å². The summed E-state index contributed by atoms with van der Waals surface area (Å²) in [7, 11) is 0. The highest BCUT2D eigenvalue weighted by molar-refractivity contribution is 5.87. The fraction of sp³-hybridized carbons (Fsp3) is 0.500. The number of hydrogen-bond donors (Lipinski definition) is 1. The van der Waals surface area contributed by atoms with E-state index >= 15 is 0 Å². The lowest BCUT2D eigenvalue weighted by atomic mass is 9.88. The molecule has 1 amide bonds. The molecule has 0 spiro atoms. The summed E-state index contributed by atoms with van der Waals surface area (Å²) in [6.45, 7) is 12.7. The van der Waals surface area contributed by atoms with Gasteiger partial charge in [-0.3, -0.25) is 9.69 Å². The van der Waals surface area contributed by atoms with Crippen LogP contribution in [0.2, 0.25) is 0 Å². The Morgan fingerprint density at radius 1 is 1.14 bits per heavy atom. The van der Waals surface area contributed by atoms with Crippen molar-refractivity contribution in [1.82, 2.24) is 14.8 Å². The number of piperidine rings is 1. The number of morpholine rings is 1. The van der Waals surface area contributed by atoms with Crippen molar-refractivity contribution in [1.29, 1.82) is 0 Å². The van der Waals surface area contributed by atoms with Gasteiger partial charge < -0.3 is 24.6 Å². The maximum absolute atomic E-state index is 11.8. The lowest BCUT2D eigenvalue weighted by Crippen LogP contribution is -2.61. The standard InChI is InChI=1S/C28H35N5O3/c1-3-26(34)33-17-22(18-33)31-10-7-20(8-11-31)21-4-5-25-23(16-21)30-28-27(19(2)36-25)24(6-9-29-28)32-12-14-35-15-13-32/h3-6,9,16,19-20,22H,1,7-8,10-15,17-18H2,2H3,(H,29,30)/t19-/m1/s1. The lowest BCUT2D eigenvalue weighted by molar-refractivity contribution is -0.133. The third-order valence-electron chi connectivity index (χ3n) is 8.15. The van der Waals surface area contributed by atoms with Crippen LogP contribution in [0.5, 0.6) is 5.75 Å². The molecule has 2 aromatic rings. The first kappa shape index (κ1) is 23.3. The van der Waals surface area contributed by atoms with Gasteiger partial charge in [-0.25, -0.2) is 4.98 Å². The van der Waals surface area contributed by atoms with E-state index < -0.39 is 0 Å². The Hall–Kier alpha value is -3.10. The first-order chi connectivity index (χ1) is 17.6. The van der Waals surface area contributed by atoms with Crippen LogP contribution >= 0.6 is 0 Å². The Bertz CT molecular complexity index is 1130. The van der Waals surface area contributed by atoms with Crippen molar-refractivity contribution in [2.75, 3.05) is 62.7 Å². The predicted molar refractivity (Wildman–Crippen MR) is 140 cm³/mol. The third kappa shape index (κ3) is 4.33. The molecule has 6 rings (SSSR count). The number of benzene rings is 1. The minimum Gasteiger partial charge on any atom is -0.484 e. The number of nitrogens with one attached hydrogen (secondary N) is 1. The summed E-state index contributed by atoms with van der Waals surface area (Å²) < 4.78 is 12.0. The molecule has 0 aliphatic carbocycles. The van der Waals surface area contributed by atoms with Gasteiger partial charge in [-0.15, -0.1) is 0 Å². The van der Waals surface area contributed by atoms with Gasteiger partial charge in [0.15, 0.2) is 0 Å². The van der Waals surface area contributed by atoms with Gasteiger partial charge >= 0.3 is 0 Å². The van der Waals surface area contributed by atoms with Gasteiger partial charge in [-0.2, -0.15) is 0 Å². The Morgan fingerprint density at radius 2 is 1.92 bits per heavy atom. The number of amides is 1. The van der Waals surface area contributed by atoms with Crippen LogP contribution in [0, 0.1) is 0 Å². The molecule has 3 fully saturated rings. The Balaban J connectivity index is 1.16. The second kappa shape index (κ2) is 9.75. The zero-order chi connectivity index (χ0) is 24.6. The molecule has 190 valence electrons. The SMILES string of the molecule is C=CC(=O)N1CC(N2CCC(c3ccc4c(c3)Nc3nccc(N5CCOCC5)c3[C@@H](C)O4)CC2)C1. The summed E-state index contributed by atoms with van der Waals surface area (Å²) in [5, 5.41) is 3.61. The van der Waals surface area contributed by atoms with Crippen molar-refractivity contribution in [2.24, 2.45) is 0 Å². The summed E-state index contributed by atoms with van der Waals surface area (Å²) in [4.78, 5) is 23.3. The summed E-state index contributed by atoms with van der Waals surface area (Å²) >= 11 is 0. The molecule has 4 aliphatic heterocycles. The van der Waals surface area contributed by atoms with Crippen molar-refractivity contribution in [3.05, 3.63) is 54.2 Å². The van der Waals surface area contributed by atoms with E-state index in [0.717, 1.165) is 88.1 Å². The molecular weight excluding hydrogens is 454 g/mol. The van der Waals surface area contributed by atoms with E-state index in [1.807, 2.05) is 11.1 Å². The van der Waals surface area contributed by atoms with Crippen LogP contribution in [-0.4, -0.2) is 79.2 Å². The van der Waals surface area contributed by atoms with E-state index in [4.69, 9.17) is 14.5 Å². The van der Waals surface area contributed by atoms with E-state index in [1.54, 1.807) is 0 Å². The Morgan fingerprint density at radius 3 is 2.67 bits per heavy atom. The predicted octanol–water partition coefficient (Wildman–Crippen LogP) is 3.69. The third-order valence-corrected chi connectivity index (χ3v) is 8.15. The van der Waals surface area contributed by atoms with Crippen molar-refractivity contribution in [2.45, 2.75) is 37.8 Å². The monoisotopic (exact) mass is 489 g/mol. The fourth-order valence-electron chi connectivity index (χ4n) is 6.02. The smallest absolute Gasteiger partial charge is 0.246 e. The molecule has 1 aromatic heterocycles. The minimum absolute atomic E-state index is 0.0447. The van der Waals surface area contributed by atoms with Crippen molar-refractivity contribution >= 4 is 23.1 Å². The lowest BCUT2D eigenvalue weighted by Gasteiger charge is -2.47. The highest BCUT2D eigenvalue weighted by Crippen LogP contribution is 2.43. The molecule has 8 heteroatoms. The van der Waals surface area contributed by atoms with Crippen LogP contribution in [0.3, 0.4) is 0 Å². The number of rotatable bonds is 4. The summed E-state index contributed by atoms with van der Waals surface area (Å²) in [5.74, 6) is 2.31. The van der Waals surface area contributed by atoms with Crippen LogP contribution in [0.4, 0.5) is 17.2 Å². The molecule has 0 radical (unpaired) electrons. The molecule has 8 nitrogen and oxygen atoms in total. The molecule has 1 atom stereocenters. The van der Waals surface area contributed by atoms with Gasteiger partial charge in [0.2, 0.25) is 5.91 Å². The average Bonchev–Trinajstić information content (AvgIpc) is 3.03. The number of aromatic nitrogens is 1. The van der Waals surface area contributed by atoms with Crippen molar-refractivity contribution < 1.29 is 14.3 Å². The molecule has 4 aliphatic rings. The molecule has 5 heterocycles. The maximum atomic E-state index is 11.8. The van der Waals surface area contributed by atoms with Crippen LogP contribution in [0.1, 0.15) is 42.9 Å². The first-order valence-electron chi connectivity index (χ1n) is 13.2. The fourth-order valence-corrected chi connectivity index (χ4v) is 6.02. The van der Waals surface area contributed by atoms with Crippen LogP contribution in [0.25, 0.3) is 0 Å². The molecule has 0 unspecified atom stereocenters. The Kier molecular flexibility index (Phi) is 6.31. The number of ether oxygens (including phenoxy) is 2. The minimum atomic E-state index is -0.107. The average molecular weight is 490 g/mol. The first-order valence-corrected chi connectivity index (χ1v) is 13.2. The number of anilines is 3. The topological polar surface area (TPSA) is 70.2 Å². The van der Waals surface area contributed by atoms with E-state index in [9.17, 15) is 4.79 Å². The van der Waals surface area contributed by atoms with Gasteiger partial charge in [0, 0.05) is 44.1 Å². The van der Waals surface area contributed by atoms with Crippen molar-refractivity contribution in [3.63, 3.8) is 0 Å². The van der Waals surface area contributed by atoms with E-state index in [0.29, 0.717) is 12.0 Å². The van der Waals surface area contributed by atoms with Gasteiger partial charge in [-0.05, 0) is 68.6 Å². The highest BCUT2D eigenvalue weighted by Gasteiger charge is 2.36. The number of hydrogen-bond acceptors (Lipinski definition) is 7. The normalized spacial score (nSPS) is 23.0. The number of likely N-dealkylation sites (tertiary alicyclic amines) is 2. The van der Waals surface area contributed by atoms with Crippen LogP contribution < -0.4 is 15.0 Å². The zero-order valence-corrected chi connectivity index (χ0v) is 21.0. The molecule has 1 aromatic carbocycles. The molecule has 0 bridgehead atoms. The van der Waals surface area contributed by atoms with E-state index in [1.165, 1.54) is 17.3 Å². The molecular formula is C28H35N5O3. The zero-order valence-electron chi connectivity index (χ0n) is 21.0. The largest absolute Gasteiger partial charge is 0.484 e. The molecule has 0 saturated carbocycles. The van der Waals surface area contributed by atoms with Gasteiger partial charge in [0.05, 0.1) is 24.5 Å². The number of carbonyl (C=O) groups excluding carboxylic acids is 1. The molecule has 36 heavy (non-hydrogen) atoms. The number of nitrogens with zero attached hydrogens (tertiary/aromatic N) is 4. The quantitative estimate of drug-likeness (QED) is 0.657. The summed E-state index contributed by atoms with van der Waals surface area (Å²) in [5.41, 5.74) is 4.62. The summed E-state index contributed by atoms with van der Waals surface area (Å²) in [6, 6.07) is 9.19.